The number of hydrogen-bond donors (Lipinski definition) is 2. The van der Waals surface area contributed by atoms with Crippen LogP contribution in [0.1, 0.15) is 20.8 Å². The summed E-state index contributed by atoms with van der Waals surface area (Å²) in [5.74, 6) is 0.653. The van der Waals surface area contributed by atoms with E-state index in [0.717, 1.165) is 0 Å². The van der Waals surface area contributed by atoms with E-state index in [-0.39, 0.29) is 5.04 Å². The first-order valence-electron chi connectivity index (χ1n) is 9.23. The van der Waals surface area contributed by atoms with Gasteiger partial charge in [-0.25, -0.2) is 4.79 Å². The molecule has 0 spiro atoms. The van der Waals surface area contributed by atoms with E-state index < -0.39 is 14.4 Å². The van der Waals surface area contributed by atoms with E-state index >= 15 is 0 Å². The smallest absolute Gasteiger partial charge is 0.409 e. The van der Waals surface area contributed by atoms with E-state index in [1.165, 1.54) is 10.4 Å². The van der Waals surface area contributed by atoms with Crippen LogP contribution in [0, 0.1) is 0 Å². The van der Waals surface area contributed by atoms with Crippen LogP contribution in [0.5, 0.6) is 5.75 Å². The number of rotatable bonds is 5. The van der Waals surface area contributed by atoms with Crippen LogP contribution < -0.4 is 20.1 Å². The van der Waals surface area contributed by atoms with Gasteiger partial charge < -0.3 is 9.53 Å². The highest BCUT2D eigenvalue weighted by atomic mass is 28.4. The Bertz CT molecular complexity index is 897. The summed E-state index contributed by atoms with van der Waals surface area (Å²) in [4.78, 5) is 11.0. The Morgan fingerprint density at radius 3 is 1.86 bits per heavy atom. The second-order valence-electron chi connectivity index (χ2n) is 7.72. The third-order valence-corrected chi connectivity index (χ3v) is 9.72. The van der Waals surface area contributed by atoms with Crippen LogP contribution in [0.15, 0.2) is 84.9 Å². The molecule has 3 aromatic rings. The Hall–Kier alpha value is -3.05. The van der Waals surface area contributed by atoms with Crippen molar-refractivity contribution in [3.8, 4) is 5.75 Å². The van der Waals surface area contributed by atoms with Gasteiger partial charge in [-0.05, 0) is 27.5 Å². The molecule has 0 aromatic heterocycles. The van der Waals surface area contributed by atoms with Crippen molar-refractivity contribution in [2.45, 2.75) is 25.8 Å². The molecule has 0 bridgehead atoms. The van der Waals surface area contributed by atoms with Gasteiger partial charge in [-0.1, -0.05) is 87.5 Å². The minimum Gasteiger partial charge on any atom is -0.534 e. The van der Waals surface area contributed by atoms with Crippen molar-refractivity contribution >= 4 is 30.5 Å². The lowest BCUT2D eigenvalue weighted by Crippen LogP contribution is -2.68. The molecule has 0 atom stereocenters. The fourth-order valence-corrected chi connectivity index (χ4v) is 8.00. The van der Waals surface area contributed by atoms with Gasteiger partial charge in [-0.2, -0.15) is 0 Å². The van der Waals surface area contributed by atoms with E-state index in [1.807, 2.05) is 42.5 Å². The minimum atomic E-state index is -2.73. The monoisotopic (exact) mass is 391 g/mol. The van der Waals surface area contributed by atoms with Crippen molar-refractivity contribution in [1.82, 2.24) is 0 Å². The van der Waals surface area contributed by atoms with Gasteiger partial charge in [-0.15, -0.1) is 0 Å². The quantitative estimate of drug-likeness (QED) is 0.619. The number of anilines is 1. The molecule has 3 rings (SSSR count). The van der Waals surface area contributed by atoms with Gasteiger partial charge in [0, 0.05) is 11.8 Å². The topological polar surface area (TPSA) is 58.6 Å². The number of nitrogens with one attached hydrogen (secondary N) is 1. The molecular formula is C23H25NO3Si. The van der Waals surface area contributed by atoms with Crippen LogP contribution in [0.3, 0.4) is 0 Å². The van der Waals surface area contributed by atoms with Gasteiger partial charge in [-0.3, -0.25) is 5.32 Å². The normalized spacial score (nSPS) is 11.7. The number of carbonyl (C=O) groups is 1. The first kappa shape index (κ1) is 19.7. The van der Waals surface area contributed by atoms with Crippen molar-refractivity contribution in [3.05, 3.63) is 84.9 Å². The first-order chi connectivity index (χ1) is 13.3. The molecule has 28 heavy (non-hydrogen) atoms. The van der Waals surface area contributed by atoms with Crippen LogP contribution in [0.4, 0.5) is 10.5 Å². The van der Waals surface area contributed by atoms with E-state index in [2.05, 4.69) is 50.4 Å². The summed E-state index contributed by atoms with van der Waals surface area (Å²) in [6.07, 6.45) is -1.09. The second kappa shape index (κ2) is 7.90. The van der Waals surface area contributed by atoms with E-state index in [0.29, 0.717) is 11.4 Å². The lowest BCUT2D eigenvalue weighted by atomic mass is 10.2. The summed E-state index contributed by atoms with van der Waals surface area (Å²) in [6.45, 7) is 6.62. The maximum Gasteiger partial charge on any atom is 0.409 e. The first-order valence-corrected chi connectivity index (χ1v) is 11.1. The Labute approximate surface area is 166 Å². The standard InChI is InChI=1S/C23H25NO3Si/c1-23(2,3)28(20-13-6-4-7-14-20,21-15-8-5-9-16-21)27-19-12-10-11-18(17-19)24-22(25)26/h4-17,24H,1-3H3,(H,25,26). The van der Waals surface area contributed by atoms with E-state index in [1.54, 1.807) is 18.2 Å². The van der Waals surface area contributed by atoms with Crippen molar-refractivity contribution < 1.29 is 14.3 Å². The molecule has 0 unspecified atom stereocenters. The molecule has 1 amide bonds. The van der Waals surface area contributed by atoms with Gasteiger partial charge in [0.1, 0.15) is 5.75 Å². The Morgan fingerprint density at radius 2 is 1.39 bits per heavy atom. The largest absolute Gasteiger partial charge is 0.534 e. The molecule has 0 heterocycles. The van der Waals surface area contributed by atoms with E-state index in [9.17, 15) is 4.79 Å². The molecule has 5 heteroatoms. The van der Waals surface area contributed by atoms with Gasteiger partial charge in [0.2, 0.25) is 0 Å². The molecular weight excluding hydrogens is 366 g/mol. The summed E-state index contributed by atoms with van der Waals surface area (Å²) in [5.41, 5.74) is 0.489. The number of benzene rings is 3. The maximum absolute atomic E-state index is 11.0. The average Bonchev–Trinajstić information content (AvgIpc) is 2.66. The van der Waals surface area contributed by atoms with Crippen LogP contribution in [0.2, 0.25) is 5.04 Å². The highest BCUT2D eigenvalue weighted by Crippen LogP contribution is 2.37. The van der Waals surface area contributed by atoms with Gasteiger partial charge in [0.05, 0.1) is 0 Å². The number of hydrogen-bond acceptors (Lipinski definition) is 2. The number of carboxylic acid groups (broad SMARTS) is 1. The SMILES string of the molecule is CC(C)(C)[Si](Oc1cccc(NC(=O)O)c1)(c1ccccc1)c1ccccc1. The van der Waals surface area contributed by atoms with Gasteiger partial charge in [0.25, 0.3) is 0 Å². The molecule has 3 aromatic carbocycles. The highest BCUT2D eigenvalue weighted by molar-refractivity contribution is 7.00. The Morgan fingerprint density at radius 1 is 0.857 bits per heavy atom. The molecule has 0 fully saturated rings. The van der Waals surface area contributed by atoms with Crippen LogP contribution in [0.25, 0.3) is 0 Å². The summed E-state index contributed by atoms with van der Waals surface area (Å²) >= 11 is 0. The molecule has 0 aliphatic rings. The molecule has 0 aliphatic carbocycles. The third kappa shape index (κ3) is 3.94. The minimum absolute atomic E-state index is 0.161. The average molecular weight is 392 g/mol. The predicted octanol–water partition coefficient (Wildman–Crippen LogP) is 4.72. The Balaban J connectivity index is 2.18. The molecule has 0 radical (unpaired) electrons. The number of amides is 1. The maximum atomic E-state index is 11.0. The van der Waals surface area contributed by atoms with Crippen LogP contribution in [-0.4, -0.2) is 19.5 Å². The zero-order valence-corrected chi connectivity index (χ0v) is 17.3. The fraction of sp³-hybridized carbons (Fsp3) is 0.174. The van der Waals surface area contributed by atoms with Crippen molar-refractivity contribution in [3.63, 3.8) is 0 Å². The molecule has 2 N–H and O–H groups in total. The fourth-order valence-electron chi connectivity index (χ4n) is 3.59. The predicted molar refractivity (Wildman–Crippen MR) is 116 cm³/mol. The van der Waals surface area contributed by atoms with Crippen molar-refractivity contribution in [2.24, 2.45) is 0 Å². The van der Waals surface area contributed by atoms with Crippen molar-refractivity contribution in [1.29, 1.82) is 0 Å². The molecule has 0 saturated carbocycles. The zero-order valence-electron chi connectivity index (χ0n) is 16.3. The molecule has 144 valence electrons. The molecule has 4 nitrogen and oxygen atoms in total. The summed E-state index contributed by atoms with van der Waals surface area (Å²) < 4.78 is 6.87. The second-order valence-corrected chi connectivity index (χ2v) is 11.9. The lowest BCUT2D eigenvalue weighted by Gasteiger charge is -2.43. The highest BCUT2D eigenvalue weighted by Gasteiger charge is 2.52. The van der Waals surface area contributed by atoms with Gasteiger partial charge in [0.15, 0.2) is 0 Å². The van der Waals surface area contributed by atoms with Gasteiger partial charge >= 0.3 is 14.4 Å². The summed E-state index contributed by atoms with van der Waals surface area (Å²) in [6, 6.07) is 27.8. The van der Waals surface area contributed by atoms with Crippen LogP contribution >= 0.6 is 0 Å². The lowest BCUT2D eigenvalue weighted by molar-refractivity contribution is 0.210. The molecule has 0 aliphatic heterocycles. The third-order valence-electron chi connectivity index (χ3n) is 4.77. The zero-order chi connectivity index (χ0) is 20.2. The van der Waals surface area contributed by atoms with Crippen molar-refractivity contribution in [2.75, 3.05) is 5.32 Å². The summed E-state index contributed by atoms with van der Waals surface area (Å²) in [7, 11) is -2.73. The Kier molecular flexibility index (Phi) is 5.56. The molecule has 0 saturated heterocycles. The summed E-state index contributed by atoms with van der Waals surface area (Å²) in [5, 5.41) is 13.6. The van der Waals surface area contributed by atoms with E-state index in [4.69, 9.17) is 9.53 Å². The van der Waals surface area contributed by atoms with Crippen LogP contribution in [-0.2, 0) is 0 Å².